The van der Waals surface area contributed by atoms with E-state index in [1.165, 1.54) is 5.01 Å². The van der Waals surface area contributed by atoms with E-state index in [4.69, 9.17) is 14.5 Å². The van der Waals surface area contributed by atoms with Gasteiger partial charge >= 0.3 is 5.97 Å². The summed E-state index contributed by atoms with van der Waals surface area (Å²) in [4.78, 5) is 63.9. The first-order valence-electron chi connectivity index (χ1n) is 23.6. The number of ether oxygens (including phenoxy) is 2. The third-order valence-electron chi connectivity index (χ3n) is 14.5. The number of fused-ring (bicyclic) bond motifs is 6. The molecule has 14 heteroatoms. The molecule has 4 N–H and O–H groups in total. The normalized spacial score (nSPS) is 22.8. The molecule has 8 rings (SSSR count). The van der Waals surface area contributed by atoms with Crippen LogP contribution in [-0.4, -0.2) is 106 Å². The summed E-state index contributed by atoms with van der Waals surface area (Å²) >= 11 is 0. The van der Waals surface area contributed by atoms with Crippen molar-refractivity contribution in [3.05, 3.63) is 71.5 Å². The van der Waals surface area contributed by atoms with Gasteiger partial charge in [-0.15, -0.1) is 0 Å². The highest BCUT2D eigenvalue weighted by Crippen LogP contribution is 2.45. The van der Waals surface area contributed by atoms with E-state index in [2.05, 4.69) is 59.6 Å². The highest BCUT2D eigenvalue weighted by molar-refractivity contribution is 5.96. The lowest BCUT2D eigenvalue weighted by Gasteiger charge is -2.45. The summed E-state index contributed by atoms with van der Waals surface area (Å²) in [5.74, 6) is -1.84. The number of phenolic OH excluding ortho intramolecular Hbond substituents is 1. The predicted octanol–water partition coefficient (Wildman–Crippen LogP) is 6.47. The molecule has 348 valence electrons. The number of carbonyl (C=O) groups is 4. The Morgan fingerprint density at radius 1 is 1.06 bits per heavy atom. The average molecular weight is 890 g/mol. The van der Waals surface area contributed by atoms with E-state index < -0.39 is 41.3 Å². The Bertz CT molecular complexity index is 2460. The van der Waals surface area contributed by atoms with E-state index in [-0.39, 0.29) is 48.2 Å². The minimum Gasteiger partial charge on any atom is -0.508 e. The van der Waals surface area contributed by atoms with Crippen LogP contribution in [0.2, 0.25) is 0 Å². The molecule has 3 amide bonds. The summed E-state index contributed by atoms with van der Waals surface area (Å²) in [6.07, 6.45) is 6.79. The quantitative estimate of drug-likeness (QED) is 0.137. The van der Waals surface area contributed by atoms with E-state index in [0.717, 1.165) is 76.8 Å². The third-order valence-corrected chi connectivity index (χ3v) is 14.5. The number of pyridine rings is 1. The van der Waals surface area contributed by atoms with Gasteiger partial charge in [0.2, 0.25) is 11.8 Å². The van der Waals surface area contributed by atoms with Crippen LogP contribution in [0, 0.1) is 17.3 Å². The van der Waals surface area contributed by atoms with Crippen molar-refractivity contribution < 1.29 is 33.8 Å². The van der Waals surface area contributed by atoms with E-state index in [0.29, 0.717) is 37.9 Å². The first-order chi connectivity index (χ1) is 31.0. The van der Waals surface area contributed by atoms with E-state index in [9.17, 15) is 24.3 Å². The van der Waals surface area contributed by atoms with Crippen LogP contribution in [0.15, 0.2) is 54.7 Å². The number of phenols is 1. The van der Waals surface area contributed by atoms with Gasteiger partial charge < -0.3 is 34.7 Å². The summed E-state index contributed by atoms with van der Waals surface area (Å²) in [7, 11) is 3.38. The lowest BCUT2D eigenvalue weighted by atomic mass is 9.69. The number of methoxy groups -OCH3 is 1. The van der Waals surface area contributed by atoms with Crippen LogP contribution in [0.4, 0.5) is 0 Å². The summed E-state index contributed by atoms with van der Waals surface area (Å²) in [6, 6.07) is 12.9. The largest absolute Gasteiger partial charge is 0.508 e. The first kappa shape index (κ1) is 46.2. The molecule has 0 radical (unpaired) electrons. The zero-order valence-corrected chi connectivity index (χ0v) is 39.3. The van der Waals surface area contributed by atoms with Crippen LogP contribution < -0.4 is 16.1 Å². The summed E-state index contributed by atoms with van der Waals surface area (Å²) in [6.45, 7) is 14.0. The molecule has 4 aromatic rings. The van der Waals surface area contributed by atoms with Crippen LogP contribution in [-0.2, 0) is 48.0 Å². The molecule has 6 bridgehead atoms. The van der Waals surface area contributed by atoms with Crippen LogP contribution in [0.25, 0.3) is 33.3 Å². The average Bonchev–Trinajstić information content (AvgIpc) is 3.86. The molecule has 5 heterocycles. The standard InChI is InChI=1S/C51H67N7O7/c1-9-57-42-16-15-33-27-37(42)38(45(57)36-13-10-20-52-43(36)31(4)64-8)28-50(5,6)29-65-49(63)40-14-11-22-58(55-40)48(62)41(25-32-23-34(33)26-35(59)24-32)54-46(60)44(30(2)3)56(7)47(61)39-17-21-53-51(39)18-12-19-51/h10,13,15-16,20,23-24,26-27,30-31,39-41,44,53,55,59H,9,11-12,14,17-19,21-22,25,28-29H2,1-8H3,(H,54,60)/t31-,39?,40-,41-,44?/m0/s1. The number of benzene rings is 2. The monoisotopic (exact) mass is 890 g/mol. The highest BCUT2D eigenvalue weighted by atomic mass is 16.5. The molecule has 65 heavy (non-hydrogen) atoms. The number of hydrogen-bond acceptors (Lipinski definition) is 10. The molecule has 1 spiro atoms. The third kappa shape index (κ3) is 9.01. The van der Waals surface area contributed by atoms with Crippen molar-refractivity contribution in [1.29, 1.82) is 0 Å². The Hall–Kier alpha value is -5.31. The molecule has 2 aromatic heterocycles. The Morgan fingerprint density at radius 2 is 1.85 bits per heavy atom. The number of nitrogens with one attached hydrogen (secondary N) is 3. The molecule has 4 aliphatic rings. The number of esters is 1. The molecule has 2 saturated heterocycles. The van der Waals surface area contributed by atoms with Gasteiger partial charge in [0.25, 0.3) is 5.91 Å². The number of likely N-dealkylation sites (N-methyl/N-ethyl adjacent to an activating group) is 1. The van der Waals surface area contributed by atoms with Crippen LogP contribution in [0.1, 0.15) is 103 Å². The maximum absolute atomic E-state index is 14.7. The second-order valence-electron chi connectivity index (χ2n) is 19.9. The smallest absolute Gasteiger partial charge is 0.324 e. The minimum atomic E-state index is -1.11. The van der Waals surface area contributed by atoms with Crippen molar-refractivity contribution in [3.8, 4) is 28.1 Å². The highest BCUT2D eigenvalue weighted by Gasteiger charge is 2.52. The van der Waals surface area contributed by atoms with Gasteiger partial charge in [0.1, 0.15) is 23.9 Å². The van der Waals surface area contributed by atoms with Crippen molar-refractivity contribution in [2.45, 2.75) is 129 Å². The topological polar surface area (TPSA) is 167 Å². The van der Waals surface area contributed by atoms with Gasteiger partial charge in [0, 0.05) is 67.3 Å². The number of amides is 3. The fourth-order valence-electron chi connectivity index (χ4n) is 10.9. The Kier molecular flexibility index (Phi) is 13.2. The van der Waals surface area contributed by atoms with Gasteiger partial charge in [-0.3, -0.25) is 29.2 Å². The Labute approximate surface area is 382 Å². The number of cyclic esters (lactones) is 1. The van der Waals surface area contributed by atoms with Crippen LogP contribution in [0.3, 0.4) is 0 Å². The minimum absolute atomic E-state index is 0.0191. The molecule has 14 nitrogen and oxygen atoms in total. The summed E-state index contributed by atoms with van der Waals surface area (Å²) in [5, 5.41) is 20.4. The Balaban J connectivity index is 1.21. The van der Waals surface area contributed by atoms with Crippen molar-refractivity contribution in [1.82, 2.24) is 35.5 Å². The molecular formula is C51H67N7O7. The zero-order valence-electron chi connectivity index (χ0n) is 39.3. The van der Waals surface area contributed by atoms with Crippen LogP contribution in [0.5, 0.6) is 5.75 Å². The number of hydrazine groups is 1. The van der Waals surface area contributed by atoms with Crippen molar-refractivity contribution >= 4 is 34.6 Å². The molecule has 1 aliphatic carbocycles. The summed E-state index contributed by atoms with van der Waals surface area (Å²) in [5.41, 5.74) is 9.56. The number of aromatic nitrogens is 2. The number of rotatable bonds is 9. The maximum atomic E-state index is 14.7. The molecule has 2 unspecified atom stereocenters. The SMILES string of the molecule is CCn1c(-c2cccnc2[C@H](C)OC)c2c3cc(ccc31)-c1cc(O)cc(c1)C[C@H](NC(=O)C(C(C)C)N(C)C(=O)C1CCNC13CCC3)C(=O)N1CCC[C@H](N1)C(=O)OCC(C)(C)C2. The van der Waals surface area contributed by atoms with E-state index >= 15 is 0 Å². The maximum Gasteiger partial charge on any atom is 0.324 e. The second-order valence-corrected chi connectivity index (χ2v) is 19.9. The summed E-state index contributed by atoms with van der Waals surface area (Å²) < 4.78 is 14.3. The van der Waals surface area contributed by atoms with Gasteiger partial charge in [-0.25, -0.2) is 5.43 Å². The van der Waals surface area contributed by atoms with Gasteiger partial charge in [0.15, 0.2) is 0 Å². The molecular weight excluding hydrogens is 823 g/mol. The number of carbonyl (C=O) groups excluding carboxylic acids is 4. The lowest BCUT2D eigenvalue weighted by molar-refractivity contribution is -0.155. The molecule has 5 atom stereocenters. The lowest BCUT2D eigenvalue weighted by Crippen LogP contribution is -2.63. The Morgan fingerprint density at radius 3 is 2.55 bits per heavy atom. The van der Waals surface area contributed by atoms with Crippen molar-refractivity contribution in [2.24, 2.45) is 17.3 Å². The zero-order chi connectivity index (χ0) is 46.4. The molecule has 3 aliphatic heterocycles. The number of aryl methyl sites for hydroxylation is 1. The van der Waals surface area contributed by atoms with E-state index in [1.54, 1.807) is 37.4 Å². The van der Waals surface area contributed by atoms with Crippen molar-refractivity contribution in [2.75, 3.05) is 33.9 Å². The van der Waals surface area contributed by atoms with Crippen LogP contribution >= 0.6 is 0 Å². The molecule has 3 fully saturated rings. The number of nitrogens with zero attached hydrogens (tertiary/aromatic N) is 4. The van der Waals surface area contributed by atoms with Crippen molar-refractivity contribution in [3.63, 3.8) is 0 Å². The van der Waals surface area contributed by atoms with Gasteiger partial charge in [-0.1, -0.05) is 39.8 Å². The van der Waals surface area contributed by atoms with E-state index in [1.807, 2.05) is 39.0 Å². The number of aromatic hydroxyl groups is 1. The predicted molar refractivity (Wildman–Crippen MR) is 249 cm³/mol. The fraction of sp³-hybridized carbons (Fsp3) is 0.549. The second kappa shape index (κ2) is 18.5. The molecule has 1 saturated carbocycles. The van der Waals surface area contributed by atoms with Gasteiger partial charge in [0.05, 0.1) is 30.0 Å². The number of hydrogen-bond donors (Lipinski definition) is 4. The fourth-order valence-corrected chi connectivity index (χ4v) is 10.9. The van der Waals surface area contributed by atoms with Gasteiger partial charge in [-0.2, -0.15) is 0 Å². The first-order valence-corrected chi connectivity index (χ1v) is 23.6. The van der Waals surface area contributed by atoms with Gasteiger partial charge in [-0.05, 0) is 130 Å². The molecule has 2 aromatic carbocycles.